The number of nitrogens with one attached hydrogen (secondary N) is 1. The second kappa shape index (κ2) is 4.81. The molecular weight excluding hydrogens is 258 g/mol. The first-order chi connectivity index (χ1) is 10.3. The molecule has 0 aromatic rings. The van der Waals surface area contributed by atoms with Gasteiger partial charge in [0.05, 0.1) is 0 Å². The summed E-state index contributed by atoms with van der Waals surface area (Å²) in [5.74, 6) is 7.54. The summed E-state index contributed by atoms with van der Waals surface area (Å²) < 4.78 is 0. The maximum Gasteiger partial charge on any atom is 0.136 e. The van der Waals surface area contributed by atoms with Gasteiger partial charge in [-0.05, 0) is 99.5 Å². The molecule has 1 heterocycles. The topological polar surface area (TPSA) is 29.1 Å². The molecule has 4 saturated carbocycles. The molecule has 1 aliphatic heterocycles. The molecule has 21 heavy (non-hydrogen) atoms. The Kier molecular flexibility index (Phi) is 3.00. The summed E-state index contributed by atoms with van der Waals surface area (Å²) in [7, 11) is 0. The van der Waals surface area contributed by atoms with E-state index in [1.807, 2.05) is 0 Å². The third-order valence-corrected chi connectivity index (χ3v) is 8.21. The van der Waals surface area contributed by atoms with Crippen molar-refractivity contribution in [3.8, 4) is 0 Å². The molecule has 5 rings (SSSR count). The molecule has 0 aromatic heterocycles. The molecule has 0 aromatic carbocycles. The Hall–Kier alpha value is -0.370. The van der Waals surface area contributed by atoms with Crippen molar-refractivity contribution in [2.24, 2.45) is 47.3 Å². The molecule has 0 amide bonds. The molecule has 8 unspecified atom stereocenters. The predicted molar refractivity (Wildman–Crippen MR) is 82.7 cm³/mol. The van der Waals surface area contributed by atoms with Gasteiger partial charge in [-0.25, -0.2) is 0 Å². The van der Waals surface area contributed by atoms with Crippen LogP contribution in [0.15, 0.2) is 0 Å². The highest BCUT2D eigenvalue weighted by atomic mass is 16.1. The van der Waals surface area contributed by atoms with Gasteiger partial charge in [-0.2, -0.15) is 0 Å². The van der Waals surface area contributed by atoms with Crippen molar-refractivity contribution in [2.45, 2.75) is 51.4 Å². The van der Waals surface area contributed by atoms with Crippen LogP contribution in [0.25, 0.3) is 0 Å². The lowest BCUT2D eigenvalue weighted by Crippen LogP contribution is -2.47. The Morgan fingerprint density at radius 2 is 1.57 bits per heavy atom. The van der Waals surface area contributed by atoms with Gasteiger partial charge in [-0.3, -0.25) is 4.79 Å². The summed E-state index contributed by atoms with van der Waals surface area (Å²) in [6.07, 6.45) is 10.5. The van der Waals surface area contributed by atoms with Crippen molar-refractivity contribution in [3.05, 3.63) is 0 Å². The second-order valence-electron chi connectivity index (χ2n) is 8.77. The lowest BCUT2D eigenvalue weighted by Gasteiger charge is -2.51. The van der Waals surface area contributed by atoms with E-state index in [1.165, 1.54) is 58.0 Å². The Labute approximate surface area is 128 Å². The van der Waals surface area contributed by atoms with E-state index in [4.69, 9.17) is 0 Å². The second-order valence-corrected chi connectivity index (χ2v) is 8.77. The predicted octanol–water partition coefficient (Wildman–Crippen LogP) is 3.26. The van der Waals surface area contributed by atoms with Crippen LogP contribution in [0.2, 0.25) is 0 Å². The summed E-state index contributed by atoms with van der Waals surface area (Å²) in [6.45, 7) is 2.56. The minimum Gasteiger partial charge on any atom is -0.316 e. The van der Waals surface area contributed by atoms with Crippen LogP contribution < -0.4 is 5.32 Å². The number of carbonyl (C=O) groups is 1. The first kappa shape index (κ1) is 13.1. The number of carbonyl (C=O) groups excluding carboxylic acids is 1. The zero-order valence-corrected chi connectivity index (χ0v) is 13.1. The summed E-state index contributed by atoms with van der Waals surface area (Å²) in [6, 6.07) is 0. The highest BCUT2D eigenvalue weighted by molar-refractivity contribution is 5.82. The van der Waals surface area contributed by atoms with Crippen LogP contribution in [0.5, 0.6) is 0 Å². The van der Waals surface area contributed by atoms with Crippen LogP contribution in [-0.4, -0.2) is 18.9 Å². The van der Waals surface area contributed by atoms with Gasteiger partial charge in [-0.1, -0.05) is 0 Å². The fourth-order valence-corrected chi connectivity index (χ4v) is 7.53. The largest absolute Gasteiger partial charge is 0.316 e. The van der Waals surface area contributed by atoms with Crippen LogP contribution in [0.3, 0.4) is 0 Å². The van der Waals surface area contributed by atoms with E-state index in [0.29, 0.717) is 11.7 Å². The maximum atomic E-state index is 12.6. The van der Waals surface area contributed by atoms with Crippen molar-refractivity contribution in [1.82, 2.24) is 5.32 Å². The lowest BCUT2D eigenvalue weighted by atomic mass is 9.53. The van der Waals surface area contributed by atoms with Crippen molar-refractivity contribution < 1.29 is 4.79 Å². The average Bonchev–Trinajstić information content (AvgIpc) is 3.07. The number of hydrogen-bond donors (Lipinski definition) is 1. The summed E-state index contributed by atoms with van der Waals surface area (Å²) in [5, 5.41) is 3.63. The number of ketones is 1. The molecule has 0 bridgehead atoms. The zero-order valence-electron chi connectivity index (χ0n) is 13.1. The standard InChI is InChI=1S/C19H29NO/c21-18-3-1-2-11-4-5-13-15(19(11)18)7-6-14-16(13)8-12-9-20-10-17(12)14/h11-17,19-20H,1-10H2. The molecule has 116 valence electrons. The van der Waals surface area contributed by atoms with E-state index in [0.717, 1.165) is 47.8 Å². The lowest BCUT2D eigenvalue weighted by molar-refractivity contribution is -0.135. The Balaban J connectivity index is 1.42. The van der Waals surface area contributed by atoms with Gasteiger partial charge in [0.15, 0.2) is 0 Å². The van der Waals surface area contributed by atoms with Crippen LogP contribution >= 0.6 is 0 Å². The van der Waals surface area contributed by atoms with Gasteiger partial charge < -0.3 is 5.32 Å². The number of hydrogen-bond acceptors (Lipinski definition) is 2. The molecule has 5 fully saturated rings. The Morgan fingerprint density at radius 3 is 2.52 bits per heavy atom. The van der Waals surface area contributed by atoms with Crippen LogP contribution in [-0.2, 0) is 4.79 Å². The van der Waals surface area contributed by atoms with Gasteiger partial charge in [0.25, 0.3) is 0 Å². The van der Waals surface area contributed by atoms with E-state index in [2.05, 4.69) is 5.32 Å². The van der Waals surface area contributed by atoms with E-state index in [1.54, 1.807) is 0 Å². The third kappa shape index (κ3) is 1.84. The van der Waals surface area contributed by atoms with E-state index >= 15 is 0 Å². The molecule has 4 aliphatic carbocycles. The molecule has 1 saturated heterocycles. The van der Waals surface area contributed by atoms with Crippen molar-refractivity contribution in [1.29, 1.82) is 0 Å². The van der Waals surface area contributed by atoms with Crippen molar-refractivity contribution in [2.75, 3.05) is 13.1 Å². The smallest absolute Gasteiger partial charge is 0.136 e. The monoisotopic (exact) mass is 287 g/mol. The molecule has 2 heteroatoms. The minimum atomic E-state index is 0.483. The highest BCUT2D eigenvalue weighted by Gasteiger charge is 2.55. The van der Waals surface area contributed by atoms with Gasteiger partial charge in [0, 0.05) is 12.3 Å². The molecule has 1 N–H and O–H groups in total. The summed E-state index contributed by atoms with van der Waals surface area (Å²) >= 11 is 0. The summed E-state index contributed by atoms with van der Waals surface area (Å²) in [5.41, 5.74) is 0. The van der Waals surface area contributed by atoms with Gasteiger partial charge in [-0.15, -0.1) is 0 Å². The highest BCUT2D eigenvalue weighted by Crippen LogP contribution is 2.60. The van der Waals surface area contributed by atoms with Crippen LogP contribution in [0.4, 0.5) is 0 Å². The average molecular weight is 287 g/mol. The number of fused-ring (bicyclic) bond motifs is 7. The zero-order chi connectivity index (χ0) is 14.0. The first-order valence-corrected chi connectivity index (χ1v) is 9.56. The summed E-state index contributed by atoms with van der Waals surface area (Å²) in [4.78, 5) is 12.6. The van der Waals surface area contributed by atoms with Crippen molar-refractivity contribution in [3.63, 3.8) is 0 Å². The molecule has 5 aliphatic rings. The van der Waals surface area contributed by atoms with Gasteiger partial charge in [0.1, 0.15) is 5.78 Å². The molecule has 0 spiro atoms. The fourth-order valence-electron chi connectivity index (χ4n) is 7.53. The molecular formula is C19H29NO. The quantitative estimate of drug-likeness (QED) is 0.741. The fraction of sp³-hybridized carbons (Fsp3) is 0.947. The Bertz CT molecular complexity index is 447. The minimum absolute atomic E-state index is 0.483. The van der Waals surface area contributed by atoms with E-state index in [9.17, 15) is 4.79 Å². The number of Topliss-reactive ketones (excluding diaryl/α,β-unsaturated/α-hetero) is 1. The van der Waals surface area contributed by atoms with Gasteiger partial charge in [0.2, 0.25) is 0 Å². The van der Waals surface area contributed by atoms with Crippen LogP contribution in [0, 0.1) is 47.3 Å². The SMILES string of the molecule is O=C1CCCC2CCC3C4CC5CNCC5C4CCC3C12. The molecule has 8 atom stereocenters. The first-order valence-electron chi connectivity index (χ1n) is 9.56. The number of rotatable bonds is 0. The van der Waals surface area contributed by atoms with E-state index < -0.39 is 0 Å². The van der Waals surface area contributed by atoms with Crippen LogP contribution in [0.1, 0.15) is 51.4 Å². The normalized spacial score (nSPS) is 55.5. The van der Waals surface area contributed by atoms with Crippen molar-refractivity contribution >= 4 is 5.78 Å². The molecule has 2 nitrogen and oxygen atoms in total. The maximum absolute atomic E-state index is 12.6. The third-order valence-electron chi connectivity index (χ3n) is 8.21. The molecule has 0 radical (unpaired) electrons. The Morgan fingerprint density at radius 1 is 0.762 bits per heavy atom. The van der Waals surface area contributed by atoms with E-state index in [-0.39, 0.29) is 0 Å². The van der Waals surface area contributed by atoms with Gasteiger partial charge >= 0.3 is 0 Å².